The smallest absolute Gasteiger partial charge is 0.0116 e. The van der Waals surface area contributed by atoms with Crippen molar-refractivity contribution in [1.82, 2.24) is 5.32 Å². The highest BCUT2D eigenvalue weighted by Gasteiger charge is 2.24. The number of nitrogens with one attached hydrogen (secondary N) is 1. The molecule has 1 nitrogen and oxygen atoms in total. The molecule has 54 valence electrons. The van der Waals surface area contributed by atoms with Crippen LogP contribution in [0, 0.1) is 11.8 Å². The second-order valence-corrected chi connectivity index (χ2v) is 3.49. The molecule has 1 saturated heterocycles. The molecule has 1 heterocycles. The zero-order valence-electron chi connectivity index (χ0n) is 6.65. The first-order valence-electron chi connectivity index (χ1n) is 3.95. The van der Waals surface area contributed by atoms with Crippen LogP contribution in [-0.2, 0) is 0 Å². The Bertz CT molecular complexity index is 88.6. The minimum absolute atomic E-state index is 0.782. The van der Waals surface area contributed by atoms with Crippen LogP contribution in [0.15, 0.2) is 0 Å². The number of rotatable bonds is 1. The Labute approximate surface area is 57.8 Å². The van der Waals surface area contributed by atoms with Gasteiger partial charge in [0.05, 0.1) is 0 Å². The standard InChI is InChI=1S/C8H17N/c1-6(2)8-7(3)4-5-9-8/h6-9H,4-5H2,1-3H3/t7-,8-/m1/s1. The molecule has 2 atom stereocenters. The maximum absolute atomic E-state index is 3.51. The molecule has 0 spiro atoms. The van der Waals surface area contributed by atoms with Gasteiger partial charge in [0.2, 0.25) is 0 Å². The van der Waals surface area contributed by atoms with Crippen LogP contribution >= 0.6 is 0 Å². The van der Waals surface area contributed by atoms with E-state index in [1.54, 1.807) is 0 Å². The van der Waals surface area contributed by atoms with Crippen molar-refractivity contribution < 1.29 is 0 Å². The van der Waals surface area contributed by atoms with Gasteiger partial charge in [-0.2, -0.15) is 0 Å². The Morgan fingerprint density at radius 3 is 2.33 bits per heavy atom. The van der Waals surface area contributed by atoms with E-state index in [0.29, 0.717) is 0 Å². The molecule has 9 heavy (non-hydrogen) atoms. The summed E-state index contributed by atoms with van der Waals surface area (Å²) in [6, 6.07) is 0.782. The van der Waals surface area contributed by atoms with Crippen molar-refractivity contribution in [3.63, 3.8) is 0 Å². The molecule has 0 unspecified atom stereocenters. The van der Waals surface area contributed by atoms with Crippen LogP contribution in [-0.4, -0.2) is 12.6 Å². The van der Waals surface area contributed by atoms with E-state index in [1.807, 2.05) is 0 Å². The van der Waals surface area contributed by atoms with Gasteiger partial charge in [-0.05, 0) is 24.8 Å². The molecule has 0 aromatic carbocycles. The molecule has 1 aliphatic heterocycles. The van der Waals surface area contributed by atoms with E-state index < -0.39 is 0 Å². The number of hydrogen-bond donors (Lipinski definition) is 1. The number of hydrogen-bond acceptors (Lipinski definition) is 1. The Kier molecular flexibility index (Phi) is 2.12. The quantitative estimate of drug-likeness (QED) is 0.564. The van der Waals surface area contributed by atoms with Crippen molar-refractivity contribution in [2.24, 2.45) is 11.8 Å². The molecule has 0 bridgehead atoms. The molecule has 1 heteroatoms. The first-order valence-corrected chi connectivity index (χ1v) is 3.95. The van der Waals surface area contributed by atoms with E-state index >= 15 is 0 Å². The maximum atomic E-state index is 3.51. The molecule has 1 N–H and O–H groups in total. The van der Waals surface area contributed by atoms with Crippen molar-refractivity contribution in [2.45, 2.75) is 33.2 Å². The third-order valence-electron chi connectivity index (χ3n) is 2.31. The van der Waals surface area contributed by atoms with Gasteiger partial charge < -0.3 is 5.32 Å². The summed E-state index contributed by atoms with van der Waals surface area (Å²) in [6.07, 6.45) is 1.36. The SMILES string of the molecule is CC(C)[C@H]1NCC[C@H]1C. The minimum atomic E-state index is 0.782. The summed E-state index contributed by atoms with van der Waals surface area (Å²) in [7, 11) is 0. The third-order valence-corrected chi connectivity index (χ3v) is 2.31. The molecule has 0 aromatic heterocycles. The molecule has 0 amide bonds. The fourth-order valence-electron chi connectivity index (χ4n) is 1.75. The van der Waals surface area contributed by atoms with Gasteiger partial charge in [0.15, 0.2) is 0 Å². The Hall–Kier alpha value is -0.0400. The normalized spacial score (nSPS) is 36.0. The van der Waals surface area contributed by atoms with Crippen molar-refractivity contribution in [3.05, 3.63) is 0 Å². The van der Waals surface area contributed by atoms with Crippen LogP contribution in [0.4, 0.5) is 0 Å². The molecule has 1 fully saturated rings. The highest BCUT2D eigenvalue weighted by Crippen LogP contribution is 2.20. The monoisotopic (exact) mass is 127 g/mol. The van der Waals surface area contributed by atoms with Gasteiger partial charge >= 0.3 is 0 Å². The topological polar surface area (TPSA) is 12.0 Å². The predicted molar refractivity (Wildman–Crippen MR) is 40.4 cm³/mol. The second-order valence-electron chi connectivity index (χ2n) is 3.49. The lowest BCUT2D eigenvalue weighted by molar-refractivity contribution is 0.375. The lowest BCUT2D eigenvalue weighted by Gasteiger charge is -2.19. The van der Waals surface area contributed by atoms with Gasteiger partial charge in [-0.15, -0.1) is 0 Å². The van der Waals surface area contributed by atoms with Gasteiger partial charge in [-0.3, -0.25) is 0 Å². The van der Waals surface area contributed by atoms with Gasteiger partial charge in [-0.25, -0.2) is 0 Å². The van der Waals surface area contributed by atoms with Crippen molar-refractivity contribution in [2.75, 3.05) is 6.54 Å². The molecule has 1 aliphatic rings. The summed E-state index contributed by atoms with van der Waals surface area (Å²) in [6.45, 7) is 8.15. The van der Waals surface area contributed by atoms with E-state index in [4.69, 9.17) is 0 Å². The van der Waals surface area contributed by atoms with Crippen LogP contribution in [0.3, 0.4) is 0 Å². The summed E-state index contributed by atoms with van der Waals surface area (Å²) < 4.78 is 0. The largest absolute Gasteiger partial charge is 0.313 e. The summed E-state index contributed by atoms with van der Waals surface area (Å²) in [5.41, 5.74) is 0. The second kappa shape index (κ2) is 2.70. The highest BCUT2D eigenvalue weighted by atomic mass is 15.0. The van der Waals surface area contributed by atoms with E-state index in [-0.39, 0.29) is 0 Å². The van der Waals surface area contributed by atoms with E-state index in [9.17, 15) is 0 Å². The van der Waals surface area contributed by atoms with Crippen molar-refractivity contribution in [3.8, 4) is 0 Å². The van der Waals surface area contributed by atoms with Gasteiger partial charge in [-0.1, -0.05) is 20.8 Å². The summed E-state index contributed by atoms with van der Waals surface area (Å²) in [5.74, 6) is 1.70. The Balaban J connectivity index is 2.40. The summed E-state index contributed by atoms with van der Waals surface area (Å²) in [4.78, 5) is 0. The zero-order valence-corrected chi connectivity index (χ0v) is 6.65. The van der Waals surface area contributed by atoms with Gasteiger partial charge in [0.25, 0.3) is 0 Å². The molecule has 0 radical (unpaired) electrons. The van der Waals surface area contributed by atoms with E-state index in [1.165, 1.54) is 13.0 Å². The van der Waals surface area contributed by atoms with Crippen LogP contribution in [0.2, 0.25) is 0 Å². The van der Waals surface area contributed by atoms with Crippen LogP contribution in [0.5, 0.6) is 0 Å². The molecule has 0 aromatic rings. The summed E-state index contributed by atoms with van der Waals surface area (Å²) in [5, 5.41) is 3.51. The average molecular weight is 127 g/mol. The summed E-state index contributed by atoms with van der Waals surface area (Å²) >= 11 is 0. The fraction of sp³-hybridized carbons (Fsp3) is 1.00. The lowest BCUT2D eigenvalue weighted by atomic mass is 9.94. The van der Waals surface area contributed by atoms with Gasteiger partial charge in [0, 0.05) is 6.04 Å². The van der Waals surface area contributed by atoms with Crippen LogP contribution < -0.4 is 5.32 Å². The predicted octanol–water partition coefficient (Wildman–Crippen LogP) is 1.64. The molecule has 0 saturated carbocycles. The molecule has 1 rings (SSSR count). The first-order chi connectivity index (χ1) is 4.22. The highest BCUT2D eigenvalue weighted by molar-refractivity contribution is 4.82. The molecular weight excluding hydrogens is 110 g/mol. The maximum Gasteiger partial charge on any atom is 0.0116 e. The molecule has 0 aliphatic carbocycles. The average Bonchev–Trinajstić information content (AvgIpc) is 2.13. The van der Waals surface area contributed by atoms with Gasteiger partial charge in [0.1, 0.15) is 0 Å². The first kappa shape index (κ1) is 7.07. The van der Waals surface area contributed by atoms with Crippen LogP contribution in [0.25, 0.3) is 0 Å². The Morgan fingerprint density at radius 2 is 2.11 bits per heavy atom. The minimum Gasteiger partial charge on any atom is -0.313 e. The Morgan fingerprint density at radius 1 is 1.44 bits per heavy atom. The molecular formula is C8H17N. The fourth-order valence-corrected chi connectivity index (χ4v) is 1.75. The van der Waals surface area contributed by atoms with Crippen molar-refractivity contribution in [1.29, 1.82) is 0 Å². The zero-order chi connectivity index (χ0) is 6.85. The van der Waals surface area contributed by atoms with E-state index in [2.05, 4.69) is 26.1 Å². The lowest BCUT2D eigenvalue weighted by Crippen LogP contribution is -2.30. The van der Waals surface area contributed by atoms with Crippen LogP contribution in [0.1, 0.15) is 27.2 Å². The van der Waals surface area contributed by atoms with E-state index in [0.717, 1.165) is 17.9 Å². The van der Waals surface area contributed by atoms with Crippen molar-refractivity contribution >= 4 is 0 Å². The third kappa shape index (κ3) is 1.45.